The van der Waals surface area contributed by atoms with E-state index in [0.29, 0.717) is 19.5 Å². The molecular weight excluding hydrogens is 365 g/mol. The van der Waals surface area contributed by atoms with Crippen LogP contribution in [0.5, 0.6) is 0 Å². The van der Waals surface area contributed by atoms with Crippen LogP contribution in [-0.2, 0) is 5.54 Å². The van der Waals surface area contributed by atoms with Gasteiger partial charge in [0.25, 0.3) is 0 Å². The first-order chi connectivity index (χ1) is 12.7. The molecule has 0 saturated carbocycles. The smallest absolute Gasteiger partial charge is 0.341 e. The van der Waals surface area contributed by atoms with Gasteiger partial charge in [0.1, 0.15) is 24.6 Å². The molecule has 0 spiro atoms. The van der Waals surface area contributed by atoms with Gasteiger partial charge in [-0.3, -0.25) is 4.79 Å². The van der Waals surface area contributed by atoms with Crippen molar-refractivity contribution in [3.05, 3.63) is 33.9 Å². The van der Waals surface area contributed by atoms with E-state index in [1.165, 1.54) is 6.92 Å². The van der Waals surface area contributed by atoms with Gasteiger partial charge in [0, 0.05) is 25.3 Å². The van der Waals surface area contributed by atoms with Crippen molar-refractivity contribution in [1.29, 1.82) is 0 Å². The summed E-state index contributed by atoms with van der Waals surface area (Å²) in [6.07, 6.45) is 1.48. The van der Waals surface area contributed by atoms with Crippen LogP contribution >= 0.6 is 0 Å². The summed E-state index contributed by atoms with van der Waals surface area (Å²) in [6, 6.07) is 0.698. The standard InChI is InChI=1S/C17H19F3N4O3/c1-17(7-18,8-19)24-6-11(16(26)27)13(25)10-4-12(20)15(22-14(10)24)23-3-2-9(21)5-23/h4,6,9H,2-3,5,7-8,21H2,1H3,(H,26,27)/t9-/m0/s1. The fourth-order valence-corrected chi connectivity index (χ4v) is 3.14. The van der Waals surface area contributed by atoms with E-state index in [1.54, 1.807) is 4.90 Å². The molecule has 27 heavy (non-hydrogen) atoms. The highest BCUT2D eigenvalue weighted by atomic mass is 19.1. The lowest BCUT2D eigenvalue weighted by Gasteiger charge is -2.29. The van der Waals surface area contributed by atoms with Crippen molar-refractivity contribution in [2.75, 3.05) is 31.3 Å². The van der Waals surface area contributed by atoms with Gasteiger partial charge in [-0.15, -0.1) is 0 Å². The molecule has 2 aromatic heterocycles. The molecule has 3 heterocycles. The highest BCUT2D eigenvalue weighted by Gasteiger charge is 2.32. The number of hydrogen-bond donors (Lipinski definition) is 2. The first-order valence-corrected chi connectivity index (χ1v) is 8.34. The van der Waals surface area contributed by atoms with E-state index >= 15 is 0 Å². The summed E-state index contributed by atoms with van der Waals surface area (Å²) < 4.78 is 42.8. The van der Waals surface area contributed by atoms with Crippen LogP contribution in [0.3, 0.4) is 0 Å². The topological polar surface area (TPSA) is 101 Å². The number of alkyl halides is 2. The SMILES string of the molecule is CC(CF)(CF)n1cc(C(=O)O)c(=O)c2cc(F)c(N3CC[C@H](N)C3)nc21. The third kappa shape index (κ3) is 3.14. The van der Waals surface area contributed by atoms with Crippen LogP contribution in [0.4, 0.5) is 19.0 Å². The average Bonchev–Trinajstić information content (AvgIpc) is 3.07. The maximum absolute atomic E-state index is 14.6. The fraction of sp³-hybridized carbons (Fsp3) is 0.471. The van der Waals surface area contributed by atoms with Gasteiger partial charge in [0.15, 0.2) is 11.6 Å². The van der Waals surface area contributed by atoms with Crippen LogP contribution in [0.25, 0.3) is 11.0 Å². The molecule has 7 nitrogen and oxygen atoms in total. The van der Waals surface area contributed by atoms with E-state index in [2.05, 4.69) is 4.98 Å². The van der Waals surface area contributed by atoms with Crippen LogP contribution in [-0.4, -0.2) is 53.1 Å². The second-order valence-corrected chi connectivity index (χ2v) is 6.97. The van der Waals surface area contributed by atoms with E-state index in [-0.39, 0.29) is 22.9 Å². The molecule has 0 amide bonds. The first-order valence-electron chi connectivity index (χ1n) is 8.34. The Labute approximate surface area is 152 Å². The predicted molar refractivity (Wildman–Crippen MR) is 93.3 cm³/mol. The molecule has 0 unspecified atom stereocenters. The average molecular weight is 384 g/mol. The van der Waals surface area contributed by atoms with E-state index in [4.69, 9.17) is 5.73 Å². The molecule has 0 aromatic carbocycles. The van der Waals surface area contributed by atoms with Crippen LogP contribution in [0, 0.1) is 5.82 Å². The molecule has 1 aliphatic heterocycles. The number of aromatic nitrogens is 2. The second-order valence-electron chi connectivity index (χ2n) is 6.97. The molecule has 1 saturated heterocycles. The summed E-state index contributed by atoms with van der Waals surface area (Å²) in [7, 11) is 0. The summed E-state index contributed by atoms with van der Waals surface area (Å²) in [5.41, 5.74) is 2.18. The number of rotatable bonds is 5. The van der Waals surface area contributed by atoms with Crippen molar-refractivity contribution in [1.82, 2.24) is 9.55 Å². The summed E-state index contributed by atoms with van der Waals surface area (Å²) >= 11 is 0. The number of nitrogens with zero attached hydrogens (tertiary/aromatic N) is 3. The van der Waals surface area contributed by atoms with Gasteiger partial charge in [-0.1, -0.05) is 0 Å². The Balaban J connectivity index is 2.35. The summed E-state index contributed by atoms with van der Waals surface area (Å²) in [5.74, 6) is -2.50. The van der Waals surface area contributed by atoms with Gasteiger partial charge in [0.2, 0.25) is 5.43 Å². The minimum Gasteiger partial charge on any atom is -0.477 e. The largest absolute Gasteiger partial charge is 0.477 e. The van der Waals surface area contributed by atoms with Gasteiger partial charge >= 0.3 is 5.97 Å². The highest BCUT2D eigenvalue weighted by Crippen LogP contribution is 2.28. The molecule has 3 rings (SSSR count). The Morgan fingerprint density at radius 1 is 1.44 bits per heavy atom. The molecule has 0 bridgehead atoms. The zero-order valence-corrected chi connectivity index (χ0v) is 14.6. The second kappa shape index (κ2) is 6.84. The molecule has 0 radical (unpaired) electrons. The third-order valence-electron chi connectivity index (χ3n) is 4.83. The van der Waals surface area contributed by atoms with Gasteiger partial charge in [-0.2, -0.15) is 0 Å². The van der Waals surface area contributed by atoms with Gasteiger partial charge in [-0.05, 0) is 19.4 Å². The number of pyridine rings is 2. The number of hydrogen-bond acceptors (Lipinski definition) is 5. The first kappa shape index (κ1) is 19.2. The van der Waals surface area contributed by atoms with Crippen molar-refractivity contribution in [2.45, 2.75) is 24.9 Å². The van der Waals surface area contributed by atoms with Crippen molar-refractivity contribution in [3.63, 3.8) is 0 Å². The third-order valence-corrected chi connectivity index (χ3v) is 4.83. The number of halogens is 3. The van der Waals surface area contributed by atoms with E-state index in [0.717, 1.165) is 16.8 Å². The molecular formula is C17H19F3N4O3. The van der Waals surface area contributed by atoms with Crippen LogP contribution < -0.4 is 16.1 Å². The molecule has 10 heteroatoms. The van der Waals surface area contributed by atoms with E-state index in [1.807, 2.05) is 0 Å². The number of nitrogens with two attached hydrogens (primary N) is 1. The van der Waals surface area contributed by atoms with Crippen molar-refractivity contribution in [3.8, 4) is 0 Å². The molecule has 1 atom stereocenters. The number of anilines is 1. The van der Waals surface area contributed by atoms with Crippen LogP contribution in [0.2, 0.25) is 0 Å². The van der Waals surface area contributed by atoms with Crippen LogP contribution in [0.1, 0.15) is 23.7 Å². The van der Waals surface area contributed by atoms with Crippen LogP contribution in [0.15, 0.2) is 17.1 Å². The molecule has 0 aliphatic carbocycles. The van der Waals surface area contributed by atoms with Crippen molar-refractivity contribution < 1.29 is 23.1 Å². The summed E-state index contributed by atoms with van der Waals surface area (Å²) in [5, 5.41) is 8.90. The maximum Gasteiger partial charge on any atom is 0.341 e. The Hall–Kier alpha value is -2.62. The molecule has 1 aliphatic rings. The lowest BCUT2D eigenvalue weighted by Crippen LogP contribution is -2.38. The number of carboxylic acids is 1. The van der Waals surface area contributed by atoms with Crippen molar-refractivity contribution >= 4 is 22.8 Å². The quantitative estimate of drug-likeness (QED) is 0.809. The van der Waals surface area contributed by atoms with Gasteiger partial charge in [-0.25, -0.2) is 22.9 Å². The number of carbonyl (C=O) groups is 1. The van der Waals surface area contributed by atoms with Crippen molar-refractivity contribution in [2.24, 2.45) is 5.73 Å². The monoisotopic (exact) mass is 384 g/mol. The number of aromatic carboxylic acids is 1. The van der Waals surface area contributed by atoms with E-state index < -0.39 is 41.7 Å². The maximum atomic E-state index is 14.6. The van der Waals surface area contributed by atoms with Gasteiger partial charge in [0.05, 0.1) is 10.9 Å². The minimum atomic E-state index is -1.79. The Bertz CT molecular complexity index is 959. The number of fused-ring (bicyclic) bond motifs is 1. The molecule has 3 N–H and O–H groups in total. The molecule has 146 valence electrons. The zero-order valence-electron chi connectivity index (χ0n) is 14.6. The van der Waals surface area contributed by atoms with E-state index in [9.17, 15) is 27.9 Å². The number of carboxylic acid groups (broad SMARTS) is 1. The Morgan fingerprint density at radius 2 is 2.11 bits per heavy atom. The summed E-state index contributed by atoms with van der Waals surface area (Å²) in [4.78, 5) is 29.6. The van der Waals surface area contributed by atoms with Gasteiger partial charge < -0.3 is 20.3 Å². The lowest BCUT2D eigenvalue weighted by molar-refractivity contribution is 0.0693. The highest BCUT2D eigenvalue weighted by molar-refractivity contribution is 5.92. The Kier molecular flexibility index (Phi) is 4.85. The molecule has 1 fully saturated rings. The fourth-order valence-electron chi connectivity index (χ4n) is 3.14. The summed E-state index contributed by atoms with van der Waals surface area (Å²) in [6.45, 7) is -0.347. The minimum absolute atomic E-state index is 0.0910. The normalized spacial score (nSPS) is 17.7. The molecule has 2 aromatic rings. The predicted octanol–water partition coefficient (Wildman–Crippen LogP) is 1.43. The lowest BCUT2D eigenvalue weighted by atomic mass is 10.0. The Morgan fingerprint density at radius 3 is 2.63 bits per heavy atom. The zero-order chi connectivity index (χ0) is 19.9.